The lowest BCUT2D eigenvalue weighted by atomic mass is 9.98. The molecule has 0 saturated carbocycles. The Kier molecular flexibility index (Phi) is 4.73. The van der Waals surface area contributed by atoms with Crippen LogP contribution >= 0.6 is 15.9 Å². The molecule has 2 rings (SSSR count). The third-order valence-corrected chi connectivity index (χ3v) is 3.55. The maximum Gasteiger partial charge on any atom is 0.130 e. The zero-order valence-electron chi connectivity index (χ0n) is 10.9. The summed E-state index contributed by atoms with van der Waals surface area (Å²) in [5.41, 5.74) is 6.64. The number of ether oxygens (including phenoxy) is 1. The second-order valence-corrected chi connectivity index (χ2v) is 5.32. The molecule has 2 nitrogen and oxygen atoms in total. The molecule has 2 aromatic rings. The molecule has 0 radical (unpaired) electrons. The summed E-state index contributed by atoms with van der Waals surface area (Å²) in [4.78, 5) is 0. The second-order valence-electron chi connectivity index (χ2n) is 4.40. The van der Waals surface area contributed by atoms with Crippen molar-refractivity contribution < 1.29 is 13.5 Å². The summed E-state index contributed by atoms with van der Waals surface area (Å²) < 4.78 is 33.5. The number of hydrogen-bond acceptors (Lipinski definition) is 2. The van der Waals surface area contributed by atoms with Gasteiger partial charge in [-0.15, -0.1) is 0 Å². The van der Waals surface area contributed by atoms with Gasteiger partial charge in [0.2, 0.25) is 0 Å². The lowest BCUT2D eigenvalue weighted by Crippen LogP contribution is -2.17. The van der Waals surface area contributed by atoms with E-state index in [2.05, 4.69) is 15.9 Å². The molecule has 0 bridgehead atoms. The highest BCUT2D eigenvalue weighted by Gasteiger charge is 2.18. The van der Waals surface area contributed by atoms with Crippen LogP contribution in [0.3, 0.4) is 0 Å². The number of benzene rings is 2. The summed E-state index contributed by atoms with van der Waals surface area (Å²) in [6.45, 7) is 0. The van der Waals surface area contributed by atoms with Crippen LogP contribution in [0.15, 0.2) is 40.9 Å². The normalized spacial score (nSPS) is 12.2. The molecule has 0 aliphatic heterocycles. The molecule has 2 aromatic carbocycles. The molecule has 0 amide bonds. The van der Waals surface area contributed by atoms with Crippen molar-refractivity contribution in [2.45, 2.75) is 12.5 Å². The van der Waals surface area contributed by atoms with Crippen LogP contribution in [0.1, 0.15) is 17.2 Å². The second kappa shape index (κ2) is 6.33. The topological polar surface area (TPSA) is 35.2 Å². The fourth-order valence-corrected chi connectivity index (χ4v) is 2.52. The van der Waals surface area contributed by atoms with Crippen molar-refractivity contribution in [3.05, 3.63) is 63.6 Å². The van der Waals surface area contributed by atoms with Crippen LogP contribution < -0.4 is 10.5 Å². The molecule has 0 saturated heterocycles. The molecular weight excluding hydrogens is 328 g/mol. The summed E-state index contributed by atoms with van der Waals surface area (Å²) in [5, 5.41) is 0. The molecule has 2 N–H and O–H groups in total. The lowest BCUT2D eigenvalue weighted by molar-refractivity contribution is 0.407. The Morgan fingerprint density at radius 1 is 1.20 bits per heavy atom. The van der Waals surface area contributed by atoms with Gasteiger partial charge in [-0.05, 0) is 42.3 Å². The standard InChI is InChI=1S/C15H14BrF2NO/c1-20-14-6-5-10(16)7-9(14)8-13(19)15-11(17)3-2-4-12(15)18/h2-7,13H,8,19H2,1H3. The Balaban J connectivity index is 2.32. The van der Waals surface area contributed by atoms with Gasteiger partial charge in [0.25, 0.3) is 0 Å². The first kappa shape index (κ1) is 14.9. The van der Waals surface area contributed by atoms with E-state index in [1.165, 1.54) is 18.2 Å². The molecular formula is C15H14BrF2NO. The number of methoxy groups -OCH3 is 1. The van der Waals surface area contributed by atoms with Crippen molar-refractivity contribution in [2.75, 3.05) is 7.11 Å². The predicted octanol–water partition coefficient (Wildman–Crippen LogP) is 3.98. The van der Waals surface area contributed by atoms with E-state index >= 15 is 0 Å². The summed E-state index contributed by atoms with van der Waals surface area (Å²) in [6, 6.07) is 8.39. The molecule has 20 heavy (non-hydrogen) atoms. The summed E-state index contributed by atoms with van der Waals surface area (Å²) >= 11 is 3.36. The van der Waals surface area contributed by atoms with E-state index in [-0.39, 0.29) is 12.0 Å². The van der Waals surface area contributed by atoms with Crippen LogP contribution in [0.2, 0.25) is 0 Å². The highest BCUT2D eigenvalue weighted by molar-refractivity contribution is 9.10. The Hall–Kier alpha value is -1.46. The average molecular weight is 342 g/mol. The van der Waals surface area contributed by atoms with Crippen LogP contribution in [-0.4, -0.2) is 7.11 Å². The predicted molar refractivity (Wildman–Crippen MR) is 77.7 cm³/mol. The first-order chi connectivity index (χ1) is 9.52. The Bertz CT molecular complexity index is 599. The van der Waals surface area contributed by atoms with Crippen LogP contribution in [0.5, 0.6) is 5.75 Å². The number of halogens is 3. The molecule has 0 aromatic heterocycles. The molecule has 0 aliphatic rings. The van der Waals surface area contributed by atoms with Gasteiger partial charge in [-0.3, -0.25) is 0 Å². The molecule has 106 valence electrons. The minimum absolute atomic E-state index is 0.102. The van der Waals surface area contributed by atoms with Crippen molar-refractivity contribution >= 4 is 15.9 Å². The molecule has 0 aliphatic carbocycles. The Labute approximate surface area is 124 Å². The Morgan fingerprint density at radius 2 is 1.85 bits per heavy atom. The monoisotopic (exact) mass is 341 g/mol. The first-order valence-corrected chi connectivity index (χ1v) is 6.84. The number of hydrogen-bond donors (Lipinski definition) is 1. The zero-order valence-corrected chi connectivity index (χ0v) is 12.5. The highest BCUT2D eigenvalue weighted by atomic mass is 79.9. The van der Waals surface area contributed by atoms with Crippen LogP contribution in [0, 0.1) is 11.6 Å². The van der Waals surface area contributed by atoms with Crippen molar-refractivity contribution in [3.8, 4) is 5.75 Å². The van der Waals surface area contributed by atoms with Crippen molar-refractivity contribution in [1.29, 1.82) is 0 Å². The fourth-order valence-electron chi connectivity index (χ4n) is 2.11. The summed E-state index contributed by atoms with van der Waals surface area (Å²) in [5.74, 6) is -0.627. The van der Waals surface area contributed by atoms with Gasteiger partial charge in [0, 0.05) is 16.1 Å². The van der Waals surface area contributed by atoms with Gasteiger partial charge in [0.1, 0.15) is 17.4 Å². The van der Waals surface area contributed by atoms with Gasteiger partial charge < -0.3 is 10.5 Å². The smallest absolute Gasteiger partial charge is 0.130 e. The van der Waals surface area contributed by atoms with Crippen LogP contribution in [0.25, 0.3) is 0 Å². The third kappa shape index (κ3) is 3.16. The number of nitrogens with two attached hydrogens (primary N) is 1. The molecule has 0 spiro atoms. The quantitative estimate of drug-likeness (QED) is 0.912. The van der Waals surface area contributed by atoms with Crippen LogP contribution in [-0.2, 0) is 6.42 Å². The van der Waals surface area contributed by atoms with Crippen molar-refractivity contribution in [1.82, 2.24) is 0 Å². The third-order valence-electron chi connectivity index (χ3n) is 3.05. The SMILES string of the molecule is COc1ccc(Br)cc1CC(N)c1c(F)cccc1F. The summed E-state index contributed by atoms with van der Waals surface area (Å²) in [7, 11) is 1.54. The highest BCUT2D eigenvalue weighted by Crippen LogP contribution is 2.28. The zero-order chi connectivity index (χ0) is 14.7. The maximum absolute atomic E-state index is 13.7. The average Bonchev–Trinajstić information content (AvgIpc) is 2.38. The minimum atomic E-state index is -0.778. The maximum atomic E-state index is 13.7. The van der Waals surface area contributed by atoms with Crippen LogP contribution in [0.4, 0.5) is 8.78 Å². The molecule has 1 unspecified atom stereocenters. The van der Waals surface area contributed by atoms with E-state index in [0.29, 0.717) is 5.75 Å². The Morgan fingerprint density at radius 3 is 2.45 bits per heavy atom. The van der Waals surface area contributed by atoms with Gasteiger partial charge in [0.05, 0.1) is 7.11 Å². The van der Waals surface area contributed by atoms with Gasteiger partial charge in [0.15, 0.2) is 0 Å². The number of rotatable bonds is 4. The summed E-state index contributed by atoms with van der Waals surface area (Å²) in [6.07, 6.45) is 0.278. The molecule has 5 heteroatoms. The van der Waals surface area contributed by atoms with Gasteiger partial charge in [-0.25, -0.2) is 8.78 Å². The van der Waals surface area contributed by atoms with E-state index < -0.39 is 17.7 Å². The van der Waals surface area contributed by atoms with E-state index in [4.69, 9.17) is 10.5 Å². The minimum Gasteiger partial charge on any atom is -0.496 e. The van der Waals surface area contributed by atoms with Gasteiger partial charge >= 0.3 is 0 Å². The van der Waals surface area contributed by atoms with Gasteiger partial charge in [-0.1, -0.05) is 22.0 Å². The van der Waals surface area contributed by atoms with E-state index in [1.807, 2.05) is 12.1 Å². The van der Waals surface area contributed by atoms with E-state index in [1.54, 1.807) is 13.2 Å². The van der Waals surface area contributed by atoms with E-state index in [9.17, 15) is 8.78 Å². The fraction of sp³-hybridized carbons (Fsp3) is 0.200. The molecule has 1 atom stereocenters. The van der Waals surface area contributed by atoms with Gasteiger partial charge in [-0.2, -0.15) is 0 Å². The molecule has 0 fully saturated rings. The lowest BCUT2D eigenvalue weighted by Gasteiger charge is -2.16. The molecule has 0 heterocycles. The van der Waals surface area contributed by atoms with E-state index in [0.717, 1.165) is 10.0 Å². The van der Waals surface area contributed by atoms with Crippen molar-refractivity contribution in [3.63, 3.8) is 0 Å². The largest absolute Gasteiger partial charge is 0.496 e. The first-order valence-electron chi connectivity index (χ1n) is 6.05. The van der Waals surface area contributed by atoms with Crippen molar-refractivity contribution in [2.24, 2.45) is 5.73 Å².